The van der Waals surface area contributed by atoms with Crippen LogP contribution in [-0.4, -0.2) is 19.8 Å². The van der Waals surface area contributed by atoms with Gasteiger partial charge in [-0.15, -0.1) is 0 Å². The molecular formula is C5H9Br3O. The van der Waals surface area contributed by atoms with E-state index in [0.717, 1.165) is 6.42 Å². The van der Waals surface area contributed by atoms with E-state index in [4.69, 9.17) is 5.11 Å². The predicted molar refractivity (Wildman–Crippen MR) is 50.7 cm³/mol. The van der Waals surface area contributed by atoms with Gasteiger partial charge in [-0.3, -0.25) is 0 Å². The van der Waals surface area contributed by atoms with Gasteiger partial charge in [0.05, 0.1) is 6.61 Å². The minimum atomic E-state index is -0.352. The minimum Gasteiger partial charge on any atom is -0.394 e. The highest BCUT2D eigenvalue weighted by Crippen LogP contribution is 2.35. The van der Waals surface area contributed by atoms with Crippen LogP contribution in [0.1, 0.15) is 13.3 Å². The van der Waals surface area contributed by atoms with Crippen LogP contribution in [0.2, 0.25) is 0 Å². The van der Waals surface area contributed by atoms with Crippen molar-refractivity contribution in [3.05, 3.63) is 0 Å². The van der Waals surface area contributed by atoms with Gasteiger partial charge in [-0.25, -0.2) is 0 Å². The molecule has 0 bridgehead atoms. The van der Waals surface area contributed by atoms with Gasteiger partial charge < -0.3 is 5.11 Å². The van der Waals surface area contributed by atoms with E-state index in [1.54, 1.807) is 0 Å². The fourth-order valence-electron chi connectivity index (χ4n) is 0.398. The Balaban J connectivity index is 3.80. The zero-order valence-corrected chi connectivity index (χ0v) is 9.83. The lowest BCUT2D eigenvalue weighted by atomic mass is 10.3. The molecule has 0 saturated carbocycles. The first-order chi connectivity index (χ1) is 4.04. The van der Waals surface area contributed by atoms with E-state index in [1.165, 1.54) is 0 Å². The highest BCUT2D eigenvalue weighted by Gasteiger charge is 2.29. The Morgan fingerprint density at radius 3 is 2.11 bits per heavy atom. The SMILES string of the molecule is CCC(Br)C(Br)(Br)CO. The lowest BCUT2D eigenvalue weighted by molar-refractivity contribution is 0.286. The largest absolute Gasteiger partial charge is 0.394 e. The fourth-order valence-corrected chi connectivity index (χ4v) is 1.19. The van der Waals surface area contributed by atoms with Gasteiger partial charge in [0.1, 0.15) is 3.23 Å². The van der Waals surface area contributed by atoms with Crippen LogP contribution in [0.3, 0.4) is 0 Å². The third-order valence-electron chi connectivity index (χ3n) is 1.03. The van der Waals surface area contributed by atoms with Gasteiger partial charge in [0.15, 0.2) is 0 Å². The molecule has 1 nitrogen and oxygen atoms in total. The summed E-state index contributed by atoms with van der Waals surface area (Å²) in [4.78, 5) is 0.259. The van der Waals surface area contributed by atoms with Gasteiger partial charge in [-0.1, -0.05) is 54.7 Å². The van der Waals surface area contributed by atoms with Crippen LogP contribution in [0.25, 0.3) is 0 Å². The van der Waals surface area contributed by atoms with Crippen molar-refractivity contribution in [1.29, 1.82) is 0 Å². The maximum atomic E-state index is 8.77. The molecule has 0 radical (unpaired) electrons. The highest BCUT2D eigenvalue weighted by molar-refractivity contribution is 9.26. The van der Waals surface area contributed by atoms with E-state index < -0.39 is 0 Å². The zero-order valence-electron chi connectivity index (χ0n) is 5.07. The Labute approximate surface area is 80.6 Å². The minimum absolute atomic E-state index is 0.0801. The average Bonchev–Trinajstić information content (AvgIpc) is 1.86. The lowest BCUT2D eigenvalue weighted by Gasteiger charge is -2.22. The molecule has 0 amide bonds. The van der Waals surface area contributed by atoms with Gasteiger partial charge in [0.2, 0.25) is 0 Å². The van der Waals surface area contributed by atoms with E-state index in [9.17, 15) is 0 Å². The van der Waals surface area contributed by atoms with E-state index in [-0.39, 0.29) is 14.7 Å². The van der Waals surface area contributed by atoms with Crippen molar-refractivity contribution in [1.82, 2.24) is 0 Å². The Morgan fingerprint density at radius 2 is 2.00 bits per heavy atom. The standard InChI is InChI=1S/C5H9Br3O/c1-2-4(6)5(7,8)3-9/h4,9H,2-3H2,1H3. The van der Waals surface area contributed by atoms with Crippen LogP contribution in [0, 0.1) is 0 Å². The van der Waals surface area contributed by atoms with Crippen LogP contribution >= 0.6 is 47.8 Å². The molecule has 9 heavy (non-hydrogen) atoms. The molecule has 0 aromatic heterocycles. The summed E-state index contributed by atoms with van der Waals surface area (Å²) in [6.45, 7) is 2.13. The number of alkyl halides is 3. The predicted octanol–water partition coefficient (Wildman–Crippen LogP) is 2.64. The van der Waals surface area contributed by atoms with Crippen molar-refractivity contribution in [2.24, 2.45) is 0 Å². The van der Waals surface area contributed by atoms with Gasteiger partial charge in [-0.05, 0) is 6.42 Å². The molecule has 0 aliphatic heterocycles. The molecule has 0 rings (SSSR count). The van der Waals surface area contributed by atoms with Crippen LogP contribution < -0.4 is 0 Å². The molecule has 0 aliphatic carbocycles. The summed E-state index contributed by atoms with van der Waals surface area (Å²) in [6, 6.07) is 0. The fraction of sp³-hybridized carbons (Fsp3) is 1.00. The summed E-state index contributed by atoms with van der Waals surface area (Å²) in [7, 11) is 0. The molecule has 1 unspecified atom stereocenters. The Hall–Kier alpha value is 1.40. The maximum absolute atomic E-state index is 8.77. The van der Waals surface area contributed by atoms with Crippen molar-refractivity contribution in [2.75, 3.05) is 6.61 Å². The number of aliphatic hydroxyl groups excluding tert-OH is 1. The first-order valence-corrected chi connectivity index (χ1v) is 5.17. The summed E-state index contributed by atoms with van der Waals surface area (Å²) in [6.07, 6.45) is 0.969. The van der Waals surface area contributed by atoms with Crippen LogP contribution in [0.5, 0.6) is 0 Å². The van der Waals surface area contributed by atoms with E-state index in [0.29, 0.717) is 0 Å². The highest BCUT2D eigenvalue weighted by atomic mass is 79.9. The molecule has 1 atom stereocenters. The smallest absolute Gasteiger partial charge is 0.116 e. The van der Waals surface area contributed by atoms with Crippen molar-refractivity contribution >= 4 is 47.8 Å². The van der Waals surface area contributed by atoms with Gasteiger partial charge in [-0.2, -0.15) is 0 Å². The molecule has 0 saturated heterocycles. The van der Waals surface area contributed by atoms with Gasteiger partial charge in [0.25, 0.3) is 0 Å². The van der Waals surface area contributed by atoms with Crippen LogP contribution in [-0.2, 0) is 0 Å². The Bertz CT molecular complexity index is 84.3. The molecule has 0 fully saturated rings. The van der Waals surface area contributed by atoms with Gasteiger partial charge in [0, 0.05) is 4.83 Å². The van der Waals surface area contributed by atoms with E-state index >= 15 is 0 Å². The second kappa shape index (κ2) is 4.31. The normalized spacial score (nSPS) is 15.7. The van der Waals surface area contributed by atoms with Crippen molar-refractivity contribution in [3.8, 4) is 0 Å². The summed E-state index contributed by atoms with van der Waals surface area (Å²) in [5.41, 5.74) is 0. The zero-order chi connectivity index (χ0) is 7.49. The first-order valence-electron chi connectivity index (χ1n) is 2.67. The molecule has 1 N–H and O–H groups in total. The molecule has 0 aromatic carbocycles. The quantitative estimate of drug-likeness (QED) is 0.791. The third-order valence-corrected chi connectivity index (χ3v) is 5.29. The number of rotatable bonds is 3. The number of halogens is 3. The van der Waals surface area contributed by atoms with Crippen LogP contribution in [0.4, 0.5) is 0 Å². The maximum Gasteiger partial charge on any atom is 0.116 e. The Morgan fingerprint density at radius 1 is 1.56 bits per heavy atom. The van der Waals surface area contributed by atoms with E-state index in [1.807, 2.05) is 6.92 Å². The Kier molecular flexibility index (Phi) is 4.98. The molecule has 0 spiro atoms. The second-order valence-electron chi connectivity index (χ2n) is 1.79. The summed E-state index contributed by atoms with van der Waals surface area (Å²) in [5, 5.41) is 8.77. The van der Waals surface area contributed by atoms with Crippen LogP contribution in [0.15, 0.2) is 0 Å². The molecule has 0 aromatic rings. The molecule has 4 heteroatoms. The van der Waals surface area contributed by atoms with Gasteiger partial charge >= 0.3 is 0 Å². The first kappa shape index (κ1) is 10.4. The van der Waals surface area contributed by atoms with Crippen molar-refractivity contribution in [2.45, 2.75) is 21.4 Å². The molecule has 0 aliphatic rings. The topological polar surface area (TPSA) is 20.2 Å². The number of aliphatic hydroxyl groups is 1. The molecule has 56 valence electrons. The van der Waals surface area contributed by atoms with Crippen molar-refractivity contribution < 1.29 is 5.11 Å². The average molecular weight is 325 g/mol. The molecular weight excluding hydrogens is 316 g/mol. The second-order valence-corrected chi connectivity index (χ2v) is 6.79. The summed E-state index contributed by atoms with van der Waals surface area (Å²) in [5.74, 6) is 0. The lowest BCUT2D eigenvalue weighted by Crippen LogP contribution is -2.28. The summed E-state index contributed by atoms with van der Waals surface area (Å²) < 4.78 is -0.352. The monoisotopic (exact) mass is 322 g/mol. The number of hydrogen-bond acceptors (Lipinski definition) is 1. The molecule has 0 heterocycles. The third kappa shape index (κ3) is 3.35. The van der Waals surface area contributed by atoms with Crippen molar-refractivity contribution in [3.63, 3.8) is 0 Å². The summed E-state index contributed by atoms with van der Waals surface area (Å²) >= 11 is 10.1. The van der Waals surface area contributed by atoms with E-state index in [2.05, 4.69) is 47.8 Å². The number of hydrogen-bond donors (Lipinski definition) is 1.